The first kappa shape index (κ1) is 12.4. The maximum absolute atomic E-state index is 12.3. The van der Waals surface area contributed by atoms with Crippen LogP contribution in [0.1, 0.15) is 26.2 Å². The number of rotatable bonds is 4. The second-order valence-corrected chi connectivity index (χ2v) is 5.81. The van der Waals surface area contributed by atoms with Gasteiger partial charge in [-0.05, 0) is 26.2 Å². The highest BCUT2D eigenvalue weighted by atomic mass is 16.6. The normalized spacial score (nSPS) is 42.7. The fraction of sp³-hybridized carbons (Fsp3) is 0.643. The molecule has 2 aliphatic carbocycles. The zero-order chi connectivity index (χ0) is 13.8. The van der Waals surface area contributed by atoms with Crippen LogP contribution in [0.2, 0.25) is 0 Å². The lowest BCUT2D eigenvalue weighted by molar-refractivity contribution is -0.153. The SMILES string of the molecule is C=CC1CC1(NC(=O)C1CC2CC1C(=O)O2)C(C)=O. The summed E-state index contributed by atoms with van der Waals surface area (Å²) in [6.07, 6.45) is 3.42. The van der Waals surface area contributed by atoms with E-state index in [4.69, 9.17) is 4.74 Å². The van der Waals surface area contributed by atoms with Gasteiger partial charge in [-0.3, -0.25) is 14.4 Å². The van der Waals surface area contributed by atoms with Crippen molar-refractivity contribution in [1.29, 1.82) is 0 Å². The van der Waals surface area contributed by atoms with Gasteiger partial charge >= 0.3 is 5.97 Å². The maximum atomic E-state index is 12.3. The second-order valence-electron chi connectivity index (χ2n) is 5.81. The molecule has 0 radical (unpaired) electrons. The van der Waals surface area contributed by atoms with Crippen molar-refractivity contribution in [1.82, 2.24) is 5.32 Å². The first-order chi connectivity index (χ1) is 8.98. The molecule has 1 aliphatic heterocycles. The van der Waals surface area contributed by atoms with Gasteiger partial charge < -0.3 is 10.1 Å². The van der Waals surface area contributed by atoms with Crippen LogP contribution < -0.4 is 5.32 Å². The fourth-order valence-electron chi connectivity index (χ4n) is 3.41. The highest BCUT2D eigenvalue weighted by Gasteiger charge is 2.59. The number of esters is 1. The summed E-state index contributed by atoms with van der Waals surface area (Å²) < 4.78 is 5.07. The van der Waals surface area contributed by atoms with Crippen LogP contribution in [0, 0.1) is 17.8 Å². The predicted molar refractivity (Wildman–Crippen MR) is 66.0 cm³/mol. The number of ether oxygens (including phenoxy) is 1. The van der Waals surface area contributed by atoms with Gasteiger partial charge in [-0.1, -0.05) is 6.08 Å². The van der Waals surface area contributed by atoms with Gasteiger partial charge in [0.2, 0.25) is 5.91 Å². The molecule has 0 spiro atoms. The molecular formula is C14H17NO4. The molecule has 5 unspecified atom stereocenters. The molecule has 3 rings (SSSR count). The van der Waals surface area contributed by atoms with Gasteiger partial charge in [0.25, 0.3) is 0 Å². The van der Waals surface area contributed by atoms with E-state index in [9.17, 15) is 14.4 Å². The molecule has 3 aliphatic rings. The lowest BCUT2D eigenvalue weighted by Gasteiger charge is -2.23. The largest absolute Gasteiger partial charge is 0.462 e. The average molecular weight is 263 g/mol. The van der Waals surface area contributed by atoms with E-state index >= 15 is 0 Å². The molecule has 102 valence electrons. The summed E-state index contributed by atoms with van der Waals surface area (Å²) in [5, 5.41) is 2.85. The molecule has 1 saturated heterocycles. The van der Waals surface area contributed by atoms with Gasteiger partial charge in [0.1, 0.15) is 11.6 Å². The maximum Gasteiger partial charge on any atom is 0.310 e. The molecule has 5 atom stereocenters. The van der Waals surface area contributed by atoms with Crippen molar-refractivity contribution in [2.45, 2.75) is 37.8 Å². The Labute approximate surface area is 111 Å². The van der Waals surface area contributed by atoms with Gasteiger partial charge in [0.05, 0.1) is 11.8 Å². The highest BCUT2D eigenvalue weighted by Crippen LogP contribution is 2.47. The molecule has 19 heavy (non-hydrogen) atoms. The van der Waals surface area contributed by atoms with Crippen LogP contribution in [0.3, 0.4) is 0 Å². The third kappa shape index (κ3) is 1.71. The number of Topliss-reactive ketones (excluding diaryl/α,β-unsaturated/α-hetero) is 1. The Balaban J connectivity index is 1.71. The van der Waals surface area contributed by atoms with Crippen LogP contribution in [-0.4, -0.2) is 29.3 Å². The van der Waals surface area contributed by atoms with Gasteiger partial charge in [0.15, 0.2) is 5.78 Å². The molecular weight excluding hydrogens is 246 g/mol. The highest BCUT2D eigenvalue weighted by molar-refractivity contribution is 5.97. The second kappa shape index (κ2) is 3.92. The molecule has 0 aromatic heterocycles. The predicted octanol–water partition coefficient (Wildman–Crippen LogP) is 0.588. The molecule has 5 nitrogen and oxygen atoms in total. The van der Waals surface area contributed by atoms with E-state index in [1.807, 2.05) is 0 Å². The van der Waals surface area contributed by atoms with Crippen molar-refractivity contribution in [3.8, 4) is 0 Å². The van der Waals surface area contributed by atoms with E-state index in [1.165, 1.54) is 6.92 Å². The molecule has 2 bridgehead atoms. The van der Waals surface area contributed by atoms with Gasteiger partial charge in [-0.2, -0.15) is 0 Å². The third-order valence-corrected chi connectivity index (χ3v) is 4.72. The monoisotopic (exact) mass is 263 g/mol. The first-order valence-corrected chi connectivity index (χ1v) is 6.64. The summed E-state index contributed by atoms with van der Waals surface area (Å²) >= 11 is 0. The molecule has 2 saturated carbocycles. The first-order valence-electron chi connectivity index (χ1n) is 6.64. The number of fused-ring (bicyclic) bond motifs is 2. The molecule has 3 fully saturated rings. The van der Waals surface area contributed by atoms with Gasteiger partial charge in [0, 0.05) is 5.92 Å². The standard InChI is InChI=1S/C14H17NO4/c1-3-8-6-14(8,7(2)16)15-12(17)10-4-9-5-11(10)13(18)19-9/h3,8-11H,1,4-6H2,2H3,(H,15,17). The number of hydrogen-bond donors (Lipinski definition) is 1. The van der Waals surface area contributed by atoms with E-state index < -0.39 is 5.54 Å². The molecule has 0 aromatic carbocycles. The quantitative estimate of drug-likeness (QED) is 0.595. The number of hydrogen-bond acceptors (Lipinski definition) is 4. The van der Waals surface area contributed by atoms with E-state index in [0.717, 1.165) is 0 Å². The Morgan fingerprint density at radius 3 is 2.68 bits per heavy atom. The lowest BCUT2D eigenvalue weighted by atomic mass is 9.94. The van der Waals surface area contributed by atoms with Crippen LogP contribution in [0.25, 0.3) is 0 Å². The van der Waals surface area contributed by atoms with E-state index in [2.05, 4.69) is 11.9 Å². The van der Waals surface area contributed by atoms with Crippen molar-refractivity contribution in [3.63, 3.8) is 0 Å². The summed E-state index contributed by atoms with van der Waals surface area (Å²) in [7, 11) is 0. The minimum Gasteiger partial charge on any atom is -0.462 e. The van der Waals surface area contributed by atoms with E-state index in [0.29, 0.717) is 19.3 Å². The number of carbonyl (C=O) groups is 3. The Kier molecular flexibility index (Phi) is 2.56. The minimum atomic E-state index is -0.773. The fourth-order valence-corrected chi connectivity index (χ4v) is 3.41. The van der Waals surface area contributed by atoms with Gasteiger partial charge in [-0.15, -0.1) is 6.58 Å². The average Bonchev–Trinajstić information content (AvgIpc) is 2.73. The Hall–Kier alpha value is -1.65. The van der Waals surface area contributed by atoms with Crippen molar-refractivity contribution in [2.24, 2.45) is 17.8 Å². The van der Waals surface area contributed by atoms with Crippen LogP contribution in [0.4, 0.5) is 0 Å². The summed E-state index contributed by atoms with van der Waals surface area (Å²) in [4.78, 5) is 35.5. The lowest BCUT2D eigenvalue weighted by Crippen LogP contribution is -2.48. The number of carbonyl (C=O) groups excluding carboxylic acids is 3. The summed E-state index contributed by atoms with van der Waals surface area (Å²) in [5.74, 6) is -1.16. The number of amides is 1. The Bertz CT molecular complexity index is 486. The van der Waals surface area contributed by atoms with Gasteiger partial charge in [-0.25, -0.2) is 0 Å². The van der Waals surface area contributed by atoms with E-state index in [1.54, 1.807) is 6.08 Å². The molecule has 1 N–H and O–H groups in total. The molecule has 0 aromatic rings. The van der Waals surface area contributed by atoms with Crippen LogP contribution >= 0.6 is 0 Å². The zero-order valence-corrected chi connectivity index (χ0v) is 10.8. The summed E-state index contributed by atoms with van der Waals surface area (Å²) in [6.45, 7) is 5.16. The van der Waals surface area contributed by atoms with Crippen molar-refractivity contribution in [2.75, 3.05) is 0 Å². The van der Waals surface area contributed by atoms with E-state index in [-0.39, 0.29) is 41.5 Å². The summed E-state index contributed by atoms with van der Waals surface area (Å²) in [5.41, 5.74) is -0.773. The van der Waals surface area contributed by atoms with Crippen molar-refractivity contribution in [3.05, 3.63) is 12.7 Å². The summed E-state index contributed by atoms with van der Waals surface area (Å²) in [6, 6.07) is 0. The molecule has 1 heterocycles. The third-order valence-electron chi connectivity index (χ3n) is 4.72. The van der Waals surface area contributed by atoms with Crippen molar-refractivity contribution < 1.29 is 19.1 Å². The number of nitrogens with one attached hydrogen (secondary N) is 1. The van der Waals surface area contributed by atoms with Crippen LogP contribution in [0.15, 0.2) is 12.7 Å². The Morgan fingerprint density at radius 1 is 1.47 bits per heavy atom. The Morgan fingerprint density at radius 2 is 2.21 bits per heavy atom. The molecule has 5 heteroatoms. The topological polar surface area (TPSA) is 72.5 Å². The smallest absolute Gasteiger partial charge is 0.310 e. The van der Waals surface area contributed by atoms with Crippen molar-refractivity contribution >= 4 is 17.7 Å². The minimum absolute atomic E-state index is 0.0134. The van der Waals surface area contributed by atoms with Crippen LogP contribution in [0.5, 0.6) is 0 Å². The number of ketones is 1. The van der Waals surface area contributed by atoms with Crippen LogP contribution in [-0.2, 0) is 19.1 Å². The zero-order valence-electron chi connectivity index (χ0n) is 10.8. The molecule has 1 amide bonds.